The fourth-order valence-electron chi connectivity index (χ4n) is 1.48. The lowest BCUT2D eigenvalue weighted by atomic mass is 9.90. The van der Waals surface area contributed by atoms with Gasteiger partial charge in [-0.2, -0.15) is 65.9 Å². The summed E-state index contributed by atoms with van der Waals surface area (Å²) in [7, 11) is 0. The summed E-state index contributed by atoms with van der Waals surface area (Å²) in [5, 5.41) is 17.4. The molecule has 0 saturated carbocycles. The molecule has 0 aliphatic carbocycles. The zero-order chi connectivity index (χ0) is 24.9. The van der Waals surface area contributed by atoms with Gasteiger partial charge in [0, 0.05) is 0 Å². The summed E-state index contributed by atoms with van der Waals surface area (Å²) in [5.41, 5.74) is 0. The molecule has 0 heterocycles. The molecule has 1 unspecified atom stereocenters. The third-order valence-corrected chi connectivity index (χ3v) is 3.42. The van der Waals surface area contributed by atoms with E-state index in [0.717, 1.165) is 0 Å². The van der Waals surface area contributed by atoms with Gasteiger partial charge in [-0.1, -0.05) is 0 Å². The van der Waals surface area contributed by atoms with E-state index in [-0.39, 0.29) is 0 Å². The number of aliphatic hydroxyl groups excluding tert-OH is 1. The fourth-order valence-corrected chi connectivity index (χ4v) is 1.48. The van der Waals surface area contributed by atoms with Gasteiger partial charge in [0.25, 0.3) is 5.91 Å². The topological polar surface area (TPSA) is 69.6 Å². The minimum Gasteiger partial charge on any atom is -0.366 e. The van der Waals surface area contributed by atoms with Crippen LogP contribution in [0.25, 0.3) is 0 Å². The molecule has 0 radical (unpaired) electrons. The van der Waals surface area contributed by atoms with Gasteiger partial charge in [0.2, 0.25) is 0 Å². The molecule has 1 amide bonds. The predicted molar refractivity (Wildman–Crippen MR) is 61.6 cm³/mol. The van der Waals surface area contributed by atoms with Gasteiger partial charge in [0.05, 0.1) is 6.04 Å². The van der Waals surface area contributed by atoms with Crippen LogP contribution in [-0.2, 0) is 4.79 Å². The van der Waals surface area contributed by atoms with Gasteiger partial charge in [0.15, 0.2) is 6.29 Å². The molecule has 0 aromatic carbocycles. The van der Waals surface area contributed by atoms with Crippen LogP contribution in [0.15, 0.2) is 0 Å². The first kappa shape index (κ1) is 28.3. The monoisotopic (exact) mass is 487 g/mol. The predicted octanol–water partition coefficient (Wildman–Crippen LogP) is 3.18. The molecule has 0 aliphatic rings. The van der Waals surface area contributed by atoms with Crippen molar-refractivity contribution in [3.8, 4) is 0 Å². The molecule has 30 heavy (non-hydrogen) atoms. The van der Waals surface area contributed by atoms with E-state index in [4.69, 9.17) is 10.2 Å². The van der Waals surface area contributed by atoms with Crippen LogP contribution >= 0.6 is 0 Å². The Morgan fingerprint density at radius 2 is 0.933 bits per heavy atom. The smallest absolute Gasteiger partial charge is 0.366 e. The van der Waals surface area contributed by atoms with E-state index in [1.165, 1.54) is 0 Å². The molecule has 0 spiro atoms. The van der Waals surface area contributed by atoms with Crippen molar-refractivity contribution in [2.75, 3.05) is 0 Å². The normalized spacial score (nSPS) is 16.6. The first-order chi connectivity index (χ1) is 12.7. The molecule has 0 aromatic heterocycles. The molecule has 0 bridgehead atoms. The molecular weight excluding hydrogens is 479 g/mol. The largest absolute Gasteiger partial charge is 0.460 e. The molecular formula is C11H8F15NO3. The van der Waals surface area contributed by atoms with Gasteiger partial charge < -0.3 is 15.5 Å². The first-order valence-electron chi connectivity index (χ1n) is 6.75. The highest BCUT2D eigenvalue weighted by molar-refractivity contribution is 5.85. The van der Waals surface area contributed by atoms with Crippen molar-refractivity contribution < 1.29 is 80.9 Å². The van der Waals surface area contributed by atoms with Crippen LogP contribution in [0, 0.1) is 0 Å². The van der Waals surface area contributed by atoms with E-state index in [1.807, 2.05) is 0 Å². The number of carbonyl (C=O) groups is 1. The number of alkyl halides is 15. The van der Waals surface area contributed by atoms with Gasteiger partial charge >= 0.3 is 41.7 Å². The molecule has 19 heteroatoms. The third kappa shape index (κ3) is 3.84. The van der Waals surface area contributed by atoms with E-state index in [9.17, 15) is 70.7 Å². The average Bonchev–Trinajstić information content (AvgIpc) is 2.52. The Morgan fingerprint density at radius 3 is 1.23 bits per heavy atom. The molecule has 0 aliphatic heterocycles. The van der Waals surface area contributed by atoms with Gasteiger partial charge in [-0.25, -0.2) is 0 Å². The second-order valence-electron chi connectivity index (χ2n) is 5.62. The Hall–Kier alpha value is -1.66. The summed E-state index contributed by atoms with van der Waals surface area (Å²) in [4.78, 5) is 10.9. The van der Waals surface area contributed by atoms with Crippen LogP contribution in [0.2, 0.25) is 0 Å². The summed E-state index contributed by atoms with van der Waals surface area (Å²) in [6, 6.07) is -2.38. The highest BCUT2D eigenvalue weighted by Gasteiger charge is 2.94. The van der Waals surface area contributed by atoms with E-state index in [2.05, 4.69) is 0 Å². The molecule has 180 valence electrons. The first-order valence-corrected chi connectivity index (χ1v) is 6.75. The Bertz CT molecular complexity index is 642. The summed E-state index contributed by atoms with van der Waals surface area (Å²) >= 11 is 0. The lowest BCUT2D eigenvalue weighted by molar-refractivity contribution is -0.449. The SMILES string of the molecule is CC(NC(=O)C(F)(F)C(F)(F)C(F)(F)C(F)(F)C(F)(F)C(F)(F)C(F)(F)F)C(O)O. The Kier molecular flexibility index (Phi) is 7.07. The Morgan fingerprint density at radius 1 is 0.633 bits per heavy atom. The number of nitrogens with one attached hydrogen (secondary N) is 1. The molecule has 0 fully saturated rings. The van der Waals surface area contributed by atoms with Crippen LogP contribution in [0.4, 0.5) is 65.9 Å². The van der Waals surface area contributed by atoms with Crippen LogP contribution in [0.1, 0.15) is 6.92 Å². The summed E-state index contributed by atoms with van der Waals surface area (Å²) in [5.74, 6) is -52.3. The minimum atomic E-state index is -8.51. The molecule has 4 nitrogen and oxygen atoms in total. The lowest BCUT2D eigenvalue weighted by Gasteiger charge is -2.41. The number of carbonyl (C=O) groups excluding carboxylic acids is 1. The quantitative estimate of drug-likeness (QED) is 0.364. The number of hydrogen-bond acceptors (Lipinski definition) is 3. The Labute approximate surface area is 154 Å². The van der Waals surface area contributed by atoms with Crippen LogP contribution in [0.3, 0.4) is 0 Å². The number of aliphatic hydroxyl groups is 2. The van der Waals surface area contributed by atoms with Crippen molar-refractivity contribution >= 4 is 5.91 Å². The highest BCUT2D eigenvalue weighted by Crippen LogP contribution is 2.62. The Balaban J connectivity index is 6.45. The van der Waals surface area contributed by atoms with Crippen molar-refractivity contribution in [3.05, 3.63) is 0 Å². The van der Waals surface area contributed by atoms with Crippen LogP contribution in [-0.4, -0.2) is 70.2 Å². The summed E-state index contributed by atoms with van der Waals surface area (Å²) < 4.78 is 193. The lowest BCUT2D eigenvalue weighted by Crippen LogP contribution is -2.74. The fraction of sp³-hybridized carbons (Fsp3) is 0.909. The molecule has 3 N–H and O–H groups in total. The van der Waals surface area contributed by atoms with E-state index < -0.39 is 60.0 Å². The van der Waals surface area contributed by atoms with Crippen LogP contribution in [0.5, 0.6) is 0 Å². The van der Waals surface area contributed by atoms with Crippen molar-refractivity contribution in [2.45, 2.75) is 61.0 Å². The molecule has 1 atom stereocenters. The third-order valence-electron chi connectivity index (χ3n) is 3.42. The average molecular weight is 487 g/mol. The van der Waals surface area contributed by atoms with Gasteiger partial charge in [-0.05, 0) is 6.92 Å². The van der Waals surface area contributed by atoms with E-state index in [1.54, 1.807) is 0 Å². The van der Waals surface area contributed by atoms with Crippen molar-refractivity contribution in [1.29, 1.82) is 0 Å². The number of amides is 1. The van der Waals surface area contributed by atoms with Gasteiger partial charge in [-0.15, -0.1) is 0 Å². The van der Waals surface area contributed by atoms with Gasteiger partial charge in [-0.3, -0.25) is 4.79 Å². The number of hydrogen-bond donors (Lipinski definition) is 3. The second kappa shape index (κ2) is 7.49. The van der Waals surface area contributed by atoms with Crippen molar-refractivity contribution in [3.63, 3.8) is 0 Å². The molecule has 0 saturated heterocycles. The highest BCUT2D eigenvalue weighted by atomic mass is 19.4. The molecule has 0 rings (SSSR count). The van der Waals surface area contributed by atoms with Crippen molar-refractivity contribution in [2.24, 2.45) is 0 Å². The number of halogens is 15. The van der Waals surface area contributed by atoms with E-state index in [0.29, 0.717) is 12.2 Å². The zero-order valence-corrected chi connectivity index (χ0v) is 13.6. The van der Waals surface area contributed by atoms with Crippen LogP contribution < -0.4 is 5.32 Å². The van der Waals surface area contributed by atoms with Gasteiger partial charge in [0.1, 0.15) is 0 Å². The van der Waals surface area contributed by atoms with Crippen molar-refractivity contribution in [1.82, 2.24) is 5.32 Å². The summed E-state index contributed by atoms with van der Waals surface area (Å²) in [6.07, 6.45) is -10.6. The number of rotatable bonds is 8. The molecule has 0 aromatic rings. The maximum Gasteiger partial charge on any atom is 0.460 e. The standard InChI is InChI=1S/C11H8F15NO3/c1-2(3(28)29)27-4(30)5(12,13)6(14,15)7(16,17)8(18,19)9(20,21)10(22,23)11(24,25)26/h2-3,28-29H,1H3,(H,27,30). The maximum absolute atomic E-state index is 13.4. The summed E-state index contributed by atoms with van der Waals surface area (Å²) in [6.45, 7) is 0.349. The second-order valence-corrected chi connectivity index (χ2v) is 5.62. The maximum atomic E-state index is 13.4. The zero-order valence-electron chi connectivity index (χ0n) is 13.6. The van der Waals surface area contributed by atoms with E-state index >= 15 is 0 Å². The minimum absolute atomic E-state index is 0.349.